The predicted molar refractivity (Wildman–Crippen MR) is 45.8 cm³/mol. The van der Waals surface area contributed by atoms with Crippen molar-refractivity contribution in [3.05, 3.63) is 0 Å². The zero-order valence-electron chi connectivity index (χ0n) is 5.35. The number of nitrogens with two attached hydrogens (primary N) is 1. The van der Waals surface area contributed by atoms with Crippen LogP contribution in [-0.2, 0) is 4.74 Å². The van der Waals surface area contributed by atoms with Crippen LogP contribution in [0.25, 0.3) is 0 Å². The molecule has 0 spiro atoms. The molecule has 2 atom stereocenters. The summed E-state index contributed by atoms with van der Waals surface area (Å²) in [5, 5.41) is 0. The number of rotatable bonds is 1. The zero-order valence-corrected chi connectivity index (χ0v) is 7.50. The van der Waals surface area contributed by atoms with E-state index in [1.54, 1.807) is 0 Å². The van der Waals surface area contributed by atoms with E-state index in [1.807, 2.05) is 0 Å². The summed E-state index contributed by atoms with van der Waals surface area (Å²) in [4.78, 5) is 0. The second-order valence-electron chi connectivity index (χ2n) is 2.38. The molecule has 1 saturated heterocycles. The van der Waals surface area contributed by atoms with Crippen LogP contribution in [0, 0.1) is 5.92 Å². The fourth-order valence-electron chi connectivity index (χ4n) is 0.986. The van der Waals surface area contributed by atoms with Crippen molar-refractivity contribution in [1.29, 1.82) is 0 Å². The summed E-state index contributed by atoms with van der Waals surface area (Å²) in [7, 11) is 0. The van der Waals surface area contributed by atoms with E-state index in [9.17, 15) is 0 Å². The van der Waals surface area contributed by atoms with E-state index < -0.39 is 0 Å². The van der Waals surface area contributed by atoms with Gasteiger partial charge in [-0.25, -0.2) is 0 Å². The maximum atomic E-state index is 5.51. The second-order valence-corrected chi connectivity index (χ2v) is 3.98. The van der Waals surface area contributed by atoms with Crippen molar-refractivity contribution in [2.45, 2.75) is 10.3 Å². The summed E-state index contributed by atoms with van der Waals surface area (Å²) in [5.74, 6) is 0.597. The van der Waals surface area contributed by atoms with Crippen molar-refractivity contribution in [3.63, 3.8) is 0 Å². The van der Waals surface area contributed by atoms with E-state index in [4.69, 9.17) is 10.5 Å². The van der Waals surface area contributed by atoms with Gasteiger partial charge >= 0.3 is 0 Å². The van der Waals surface area contributed by atoms with Crippen LogP contribution in [0.2, 0.25) is 0 Å². The van der Waals surface area contributed by atoms with E-state index in [0.29, 0.717) is 5.92 Å². The summed E-state index contributed by atoms with van der Waals surface area (Å²) >= 11 is 2.46. The largest absolute Gasteiger partial charge is 0.381 e. The third-order valence-corrected chi connectivity index (χ3v) is 3.32. The third-order valence-electron chi connectivity index (χ3n) is 1.68. The first kappa shape index (κ1) is 7.75. The molecule has 1 aliphatic rings. The van der Waals surface area contributed by atoms with Gasteiger partial charge in [-0.2, -0.15) is 0 Å². The molecule has 0 radical (unpaired) electrons. The molecule has 0 aromatic rings. The lowest BCUT2D eigenvalue weighted by atomic mass is 10.0. The molecule has 54 valence electrons. The van der Waals surface area contributed by atoms with Gasteiger partial charge < -0.3 is 10.5 Å². The summed E-state index contributed by atoms with van der Waals surface area (Å²) in [6.07, 6.45) is 1.17. The number of ether oxygens (including phenoxy) is 1. The Hall–Kier alpha value is 0.650. The average Bonchev–Trinajstić information content (AvgIpc) is 1.89. The Morgan fingerprint density at radius 3 is 2.89 bits per heavy atom. The van der Waals surface area contributed by atoms with Crippen LogP contribution in [0.1, 0.15) is 6.42 Å². The lowest BCUT2D eigenvalue weighted by Gasteiger charge is -2.25. The maximum absolute atomic E-state index is 5.51. The van der Waals surface area contributed by atoms with Crippen molar-refractivity contribution < 1.29 is 4.74 Å². The first-order valence-electron chi connectivity index (χ1n) is 3.26. The first-order valence-corrected chi connectivity index (χ1v) is 4.51. The van der Waals surface area contributed by atoms with E-state index in [-0.39, 0.29) is 0 Å². The monoisotopic (exact) mass is 241 g/mol. The lowest BCUT2D eigenvalue weighted by Crippen LogP contribution is -2.33. The van der Waals surface area contributed by atoms with Gasteiger partial charge in [0.15, 0.2) is 0 Å². The van der Waals surface area contributed by atoms with Crippen LogP contribution < -0.4 is 5.73 Å². The van der Waals surface area contributed by atoms with Crippen molar-refractivity contribution >= 4 is 22.6 Å². The van der Waals surface area contributed by atoms with Crippen LogP contribution in [0.5, 0.6) is 0 Å². The quantitative estimate of drug-likeness (QED) is 0.544. The highest BCUT2D eigenvalue weighted by Gasteiger charge is 2.21. The Balaban J connectivity index is 2.30. The molecule has 0 amide bonds. The Bertz CT molecular complexity index is 89.1. The highest BCUT2D eigenvalue weighted by atomic mass is 127. The number of halogens is 1. The van der Waals surface area contributed by atoms with Gasteiger partial charge in [0, 0.05) is 16.4 Å². The third kappa shape index (κ3) is 2.05. The van der Waals surface area contributed by atoms with Crippen LogP contribution >= 0.6 is 22.6 Å². The molecule has 2 nitrogen and oxygen atoms in total. The Morgan fingerprint density at radius 2 is 2.44 bits per heavy atom. The van der Waals surface area contributed by atoms with Gasteiger partial charge in [-0.3, -0.25) is 0 Å². The molecule has 9 heavy (non-hydrogen) atoms. The minimum atomic E-state index is 0.597. The highest BCUT2D eigenvalue weighted by Crippen LogP contribution is 2.21. The van der Waals surface area contributed by atoms with Crippen molar-refractivity contribution in [2.24, 2.45) is 11.7 Å². The Kier molecular flexibility index (Phi) is 3.21. The van der Waals surface area contributed by atoms with E-state index in [0.717, 1.165) is 23.7 Å². The van der Waals surface area contributed by atoms with Gasteiger partial charge in [-0.1, -0.05) is 22.6 Å². The van der Waals surface area contributed by atoms with Crippen molar-refractivity contribution in [3.8, 4) is 0 Å². The molecule has 1 heterocycles. The molecule has 0 aliphatic carbocycles. The van der Waals surface area contributed by atoms with Gasteiger partial charge in [0.05, 0.1) is 6.61 Å². The molecule has 3 heteroatoms. The van der Waals surface area contributed by atoms with Gasteiger partial charge in [-0.15, -0.1) is 0 Å². The fraction of sp³-hybridized carbons (Fsp3) is 1.00. The summed E-state index contributed by atoms with van der Waals surface area (Å²) in [5.41, 5.74) is 5.51. The van der Waals surface area contributed by atoms with Gasteiger partial charge in [0.2, 0.25) is 0 Å². The zero-order chi connectivity index (χ0) is 6.69. The SMILES string of the molecule is NCC1COCCC1I. The molecule has 1 fully saturated rings. The number of alkyl halides is 1. The topological polar surface area (TPSA) is 35.2 Å². The Labute approximate surface area is 69.3 Å². The summed E-state index contributed by atoms with van der Waals surface area (Å²) < 4.78 is 6.00. The normalized spacial score (nSPS) is 36.7. The molecule has 2 N–H and O–H groups in total. The van der Waals surface area contributed by atoms with Gasteiger partial charge in [0.1, 0.15) is 0 Å². The van der Waals surface area contributed by atoms with Crippen LogP contribution in [-0.4, -0.2) is 23.7 Å². The van der Waals surface area contributed by atoms with Crippen molar-refractivity contribution in [1.82, 2.24) is 0 Å². The fourth-order valence-corrected chi connectivity index (χ4v) is 1.74. The lowest BCUT2D eigenvalue weighted by molar-refractivity contribution is 0.0653. The van der Waals surface area contributed by atoms with E-state index in [1.165, 1.54) is 6.42 Å². The van der Waals surface area contributed by atoms with E-state index >= 15 is 0 Å². The molecular formula is C6H12INO. The molecule has 1 rings (SSSR count). The summed E-state index contributed by atoms with van der Waals surface area (Å²) in [6, 6.07) is 0. The van der Waals surface area contributed by atoms with Gasteiger partial charge in [0.25, 0.3) is 0 Å². The molecule has 1 aliphatic heterocycles. The minimum Gasteiger partial charge on any atom is -0.381 e. The first-order chi connectivity index (χ1) is 4.34. The molecule has 0 saturated carbocycles. The minimum absolute atomic E-state index is 0.597. The average molecular weight is 241 g/mol. The standard InChI is InChI=1S/C6H12INO/c7-6-1-2-9-4-5(6)3-8/h5-6H,1-4,8H2. The number of hydrogen-bond acceptors (Lipinski definition) is 2. The van der Waals surface area contributed by atoms with Crippen LogP contribution in [0.3, 0.4) is 0 Å². The predicted octanol–water partition coefficient (Wildman–Crippen LogP) is 0.785. The van der Waals surface area contributed by atoms with E-state index in [2.05, 4.69) is 22.6 Å². The van der Waals surface area contributed by atoms with Gasteiger partial charge in [-0.05, 0) is 13.0 Å². The second kappa shape index (κ2) is 3.73. The smallest absolute Gasteiger partial charge is 0.0516 e. The highest BCUT2D eigenvalue weighted by molar-refractivity contribution is 14.1. The Morgan fingerprint density at radius 1 is 1.67 bits per heavy atom. The molecule has 2 unspecified atom stereocenters. The maximum Gasteiger partial charge on any atom is 0.0516 e. The van der Waals surface area contributed by atoms with Crippen LogP contribution in [0.4, 0.5) is 0 Å². The molecule has 0 aromatic carbocycles. The number of hydrogen-bond donors (Lipinski definition) is 1. The molecule has 0 aromatic heterocycles. The molecular weight excluding hydrogens is 229 g/mol. The summed E-state index contributed by atoms with van der Waals surface area (Å²) in [6.45, 7) is 2.56. The molecule has 0 bridgehead atoms. The van der Waals surface area contributed by atoms with Crippen LogP contribution in [0.15, 0.2) is 0 Å². The van der Waals surface area contributed by atoms with Crippen molar-refractivity contribution in [2.75, 3.05) is 19.8 Å².